The number of hydrogen-bond acceptors (Lipinski definition) is 1. The summed E-state index contributed by atoms with van der Waals surface area (Å²) in [6.07, 6.45) is 5.17. The molecule has 2 aliphatic carbocycles. The highest BCUT2D eigenvalue weighted by Crippen LogP contribution is 2.40. The van der Waals surface area contributed by atoms with E-state index in [-0.39, 0.29) is 5.82 Å². The van der Waals surface area contributed by atoms with E-state index in [1.54, 1.807) is 0 Å². The molecule has 0 radical (unpaired) electrons. The van der Waals surface area contributed by atoms with Crippen molar-refractivity contribution in [1.29, 1.82) is 0 Å². The summed E-state index contributed by atoms with van der Waals surface area (Å²) in [6.45, 7) is 0. The van der Waals surface area contributed by atoms with Gasteiger partial charge in [0, 0.05) is 5.69 Å². The van der Waals surface area contributed by atoms with Crippen molar-refractivity contribution in [3.05, 3.63) is 28.1 Å². The number of urea groups is 1. The molecule has 0 atom stereocenters. The molecule has 0 spiro atoms. The topological polar surface area (TPSA) is 55.1 Å². The van der Waals surface area contributed by atoms with Crippen LogP contribution < -0.4 is 11.1 Å². The van der Waals surface area contributed by atoms with Gasteiger partial charge in [0.2, 0.25) is 0 Å². The number of carbonyl (C=O) groups is 1. The van der Waals surface area contributed by atoms with Crippen LogP contribution in [0.3, 0.4) is 0 Å². The number of halogens is 1. The summed E-state index contributed by atoms with van der Waals surface area (Å²) in [7, 11) is 0. The SMILES string of the molecule is NC(=O)Nc1c2c(c(F)c3c1CCC3)CCC2. The molecule has 0 aliphatic heterocycles. The average Bonchev–Trinajstić information content (AvgIpc) is 2.92. The van der Waals surface area contributed by atoms with Crippen LogP contribution in [0.15, 0.2) is 0 Å². The Morgan fingerprint density at radius 2 is 1.47 bits per heavy atom. The van der Waals surface area contributed by atoms with Crippen molar-refractivity contribution in [1.82, 2.24) is 0 Å². The summed E-state index contributed by atoms with van der Waals surface area (Å²) in [6, 6.07) is -0.556. The molecule has 0 heterocycles. The molecule has 0 saturated heterocycles. The van der Waals surface area contributed by atoms with Gasteiger partial charge in [-0.05, 0) is 60.8 Å². The third kappa shape index (κ3) is 1.51. The summed E-state index contributed by atoms with van der Waals surface area (Å²) in [5.74, 6) is -0.0278. The van der Waals surface area contributed by atoms with Gasteiger partial charge in [0.25, 0.3) is 0 Å². The number of nitrogens with two attached hydrogens (primary N) is 1. The number of fused-ring (bicyclic) bond motifs is 2. The third-order valence-corrected chi connectivity index (χ3v) is 3.82. The van der Waals surface area contributed by atoms with E-state index in [1.165, 1.54) is 0 Å². The van der Waals surface area contributed by atoms with Crippen LogP contribution in [0.1, 0.15) is 35.1 Å². The standard InChI is InChI=1S/C13H15FN2O/c14-11-7-3-1-5-9(7)12(16-13(15)17)10-6-2-4-8(10)11/h1-6H2,(H3,15,16,17). The van der Waals surface area contributed by atoms with Crippen molar-refractivity contribution in [3.8, 4) is 0 Å². The minimum absolute atomic E-state index is 0.0278. The Hall–Kier alpha value is -1.58. The molecule has 3 nitrogen and oxygen atoms in total. The van der Waals surface area contributed by atoms with Gasteiger partial charge >= 0.3 is 6.03 Å². The normalized spacial score (nSPS) is 16.8. The van der Waals surface area contributed by atoms with Crippen molar-refractivity contribution in [2.24, 2.45) is 5.73 Å². The van der Waals surface area contributed by atoms with Crippen molar-refractivity contribution >= 4 is 11.7 Å². The van der Waals surface area contributed by atoms with Gasteiger partial charge in [-0.3, -0.25) is 0 Å². The van der Waals surface area contributed by atoms with Crippen molar-refractivity contribution < 1.29 is 9.18 Å². The molecular weight excluding hydrogens is 219 g/mol. The number of benzene rings is 1. The summed E-state index contributed by atoms with van der Waals surface area (Å²) in [4.78, 5) is 11.1. The molecular formula is C13H15FN2O. The molecule has 0 bridgehead atoms. The quantitative estimate of drug-likeness (QED) is 0.769. The second kappa shape index (κ2) is 3.72. The van der Waals surface area contributed by atoms with E-state index in [2.05, 4.69) is 5.32 Å². The fourth-order valence-corrected chi connectivity index (χ4v) is 3.16. The second-order valence-electron chi connectivity index (χ2n) is 4.80. The predicted octanol–water partition coefficient (Wildman–Crippen LogP) is 2.29. The largest absolute Gasteiger partial charge is 0.351 e. The number of anilines is 1. The van der Waals surface area contributed by atoms with Gasteiger partial charge in [-0.2, -0.15) is 0 Å². The van der Waals surface area contributed by atoms with E-state index in [9.17, 15) is 9.18 Å². The zero-order valence-corrected chi connectivity index (χ0v) is 9.61. The lowest BCUT2D eigenvalue weighted by Gasteiger charge is -2.16. The Bertz CT molecular complexity index is 476. The fourth-order valence-electron chi connectivity index (χ4n) is 3.16. The fraction of sp³-hybridized carbons (Fsp3) is 0.462. The number of nitrogens with one attached hydrogen (secondary N) is 1. The third-order valence-electron chi connectivity index (χ3n) is 3.82. The Balaban J connectivity index is 2.22. The minimum atomic E-state index is -0.556. The lowest BCUT2D eigenvalue weighted by atomic mass is 9.98. The molecule has 2 amide bonds. The minimum Gasteiger partial charge on any atom is -0.351 e. The number of amides is 2. The molecule has 3 N–H and O–H groups in total. The van der Waals surface area contributed by atoms with E-state index in [1.807, 2.05) is 0 Å². The number of rotatable bonds is 1. The Morgan fingerprint density at radius 3 is 1.94 bits per heavy atom. The zero-order chi connectivity index (χ0) is 12.0. The Kier molecular flexibility index (Phi) is 2.31. The first-order chi connectivity index (χ1) is 8.18. The van der Waals surface area contributed by atoms with Gasteiger partial charge in [0.15, 0.2) is 0 Å². The zero-order valence-electron chi connectivity index (χ0n) is 9.61. The molecule has 90 valence electrons. The first-order valence-electron chi connectivity index (χ1n) is 6.10. The highest BCUT2D eigenvalue weighted by atomic mass is 19.1. The maximum absolute atomic E-state index is 14.2. The van der Waals surface area contributed by atoms with Crippen LogP contribution >= 0.6 is 0 Å². The molecule has 0 aromatic heterocycles. The highest BCUT2D eigenvalue weighted by molar-refractivity contribution is 5.90. The lowest BCUT2D eigenvalue weighted by Crippen LogP contribution is -2.21. The lowest BCUT2D eigenvalue weighted by molar-refractivity contribution is 0.259. The van der Waals surface area contributed by atoms with Gasteiger partial charge in [0.05, 0.1) is 0 Å². The van der Waals surface area contributed by atoms with Crippen LogP contribution in [0.25, 0.3) is 0 Å². The maximum atomic E-state index is 14.2. The number of primary amides is 1. The van der Waals surface area contributed by atoms with E-state index in [4.69, 9.17) is 5.73 Å². The number of hydrogen-bond donors (Lipinski definition) is 2. The van der Waals surface area contributed by atoms with Gasteiger partial charge in [-0.15, -0.1) is 0 Å². The van der Waals surface area contributed by atoms with Crippen LogP contribution in [-0.2, 0) is 25.7 Å². The first-order valence-corrected chi connectivity index (χ1v) is 6.10. The molecule has 4 heteroatoms. The average molecular weight is 234 g/mol. The summed E-state index contributed by atoms with van der Waals surface area (Å²) in [5.41, 5.74) is 9.56. The predicted molar refractivity (Wildman–Crippen MR) is 63.7 cm³/mol. The van der Waals surface area contributed by atoms with E-state index < -0.39 is 6.03 Å². The molecule has 17 heavy (non-hydrogen) atoms. The van der Waals surface area contributed by atoms with Gasteiger partial charge in [0.1, 0.15) is 5.82 Å². The second-order valence-corrected chi connectivity index (χ2v) is 4.80. The molecule has 1 aromatic rings. The summed E-state index contributed by atoms with van der Waals surface area (Å²) in [5, 5.41) is 2.70. The van der Waals surface area contributed by atoms with Crippen molar-refractivity contribution in [2.45, 2.75) is 38.5 Å². The van der Waals surface area contributed by atoms with Crippen LogP contribution in [0.4, 0.5) is 14.9 Å². The smallest absolute Gasteiger partial charge is 0.316 e. The van der Waals surface area contributed by atoms with Crippen LogP contribution in [0.2, 0.25) is 0 Å². The van der Waals surface area contributed by atoms with Gasteiger partial charge in [-0.1, -0.05) is 0 Å². The number of carbonyl (C=O) groups excluding carboxylic acids is 1. The summed E-state index contributed by atoms with van der Waals surface area (Å²) < 4.78 is 14.2. The highest BCUT2D eigenvalue weighted by Gasteiger charge is 2.29. The summed E-state index contributed by atoms with van der Waals surface area (Å²) >= 11 is 0. The van der Waals surface area contributed by atoms with Crippen LogP contribution in [0.5, 0.6) is 0 Å². The molecule has 0 saturated carbocycles. The first kappa shape index (κ1) is 10.6. The molecule has 3 rings (SSSR count). The Morgan fingerprint density at radius 1 is 1.00 bits per heavy atom. The molecule has 0 fully saturated rings. The molecule has 0 unspecified atom stereocenters. The maximum Gasteiger partial charge on any atom is 0.316 e. The Labute approximate surface area is 99.2 Å². The van der Waals surface area contributed by atoms with E-state index in [0.29, 0.717) is 0 Å². The monoisotopic (exact) mass is 234 g/mol. The van der Waals surface area contributed by atoms with E-state index >= 15 is 0 Å². The van der Waals surface area contributed by atoms with Crippen molar-refractivity contribution in [2.75, 3.05) is 5.32 Å². The van der Waals surface area contributed by atoms with Crippen molar-refractivity contribution in [3.63, 3.8) is 0 Å². The van der Waals surface area contributed by atoms with E-state index in [0.717, 1.165) is 66.5 Å². The molecule has 2 aliphatic rings. The van der Waals surface area contributed by atoms with Crippen LogP contribution in [0, 0.1) is 5.82 Å². The van der Waals surface area contributed by atoms with Gasteiger partial charge < -0.3 is 11.1 Å². The van der Waals surface area contributed by atoms with Crippen LogP contribution in [-0.4, -0.2) is 6.03 Å². The van der Waals surface area contributed by atoms with Gasteiger partial charge in [-0.25, -0.2) is 9.18 Å². The molecule has 1 aromatic carbocycles.